The Hall–Kier alpha value is -2.13. The number of nitrogens with one attached hydrogen (secondary N) is 1. The Morgan fingerprint density at radius 2 is 2.23 bits per heavy atom. The average molecular weight is 420 g/mol. The number of guanidine groups is 1. The lowest BCUT2D eigenvalue weighted by Gasteiger charge is -2.34. The van der Waals surface area contributed by atoms with E-state index in [0.717, 1.165) is 70.1 Å². The van der Waals surface area contributed by atoms with Gasteiger partial charge in [0.15, 0.2) is 5.96 Å². The van der Waals surface area contributed by atoms with Gasteiger partial charge in [0.2, 0.25) is 5.91 Å². The van der Waals surface area contributed by atoms with E-state index in [1.807, 2.05) is 38.2 Å². The second-order valence-electron chi connectivity index (χ2n) is 8.27. The summed E-state index contributed by atoms with van der Waals surface area (Å²) in [5, 5.41) is 7.69. The summed E-state index contributed by atoms with van der Waals surface area (Å²) in [6, 6.07) is 0.0386. The van der Waals surface area contributed by atoms with Crippen LogP contribution in [0.5, 0.6) is 0 Å². The van der Waals surface area contributed by atoms with E-state index in [0.29, 0.717) is 6.61 Å². The highest BCUT2D eigenvalue weighted by atomic mass is 16.5. The Labute approximate surface area is 180 Å². The van der Waals surface area contributed by atoms with Crippen LogP contribution in [0.3, 0.4) is 0 Å². The highest BCUT2D eigenvalue weighted by Crippen LogP contribution is 2.22. The molecule has 30 heavy (non-hydrogen) atoms. The number of aryl methyl sites for hydroxylation is 1. The van der Waals surface area contributed by atoms with Crippen molar-refractivity contribution in [2.75, 3.05) is 60.0 Å². The molecule has 3 rings (SSSR count). The molecule has 2 aliphatic rings. The molecule has 0 bridgehead atoms. The number of ether oxygens (including phenoxy) is 1. The fraction of sp³-hybridized carbons (Fsp3) is 0.762. The number of likely N-dealkylation sites (tertiary alicyclic amines) is 1. The topological polar surface area (TPSA) is 78.2 Å². The Kier molecular flexibility index (Phi) is 8.09. The molecule has 1 aromatic heterocycles. The molecule has 1 N–H and O–H groups in total. The molecule has 1 amide bonds. The van der Waals surface area contributed by atoms with Crippen molar-refractivity contribution in [2.24, 2.45) is 12.0 Å². The minimum absolute atomic E-state index is 0.0127. The summed E-state index contributed by atoms with van der Waals surface area (Å²) < 4.78 is 7.77. The van der Waals surface area contributed by atoms with Crippen LogP contribution >= 0.6 is 0 Å². The summed E-state index contributed by atoms with van der Waals surface area (Å²) in [4.78, 5) is 23.5. The van der Waals surface area contributed by atoms with Gasteiger partial charge in [0.25, 0.3) is 0 Å². The Bertz CT molecular complexity index is 718. The quantitative estimate of drug-likeness (QED) is 0.398. The first-order chi connectivity index (χ1) is 14.5. The number of nitrogens with zero attached hydrogens (tertiary/aromatic N) is 6. The van der Waals surface area contributed by atoms with Crippen LogP contribution in [0.15, 0.2) is 17.4 Å². The summed E-state index contributed by atoms with van der Waals surface area (Å²) >= 11 is 0. The van der Waals surface area contributed by atoms with Crippen molar-refractivity contribution in [2.45, 2.75) is 38.3 Å². The van der Waals surface area contributed by atoms with E-state index in [4.69, 9.17) is 9.73 Å². The molecule has 0 aromatic carbocycles. The lowest BCUT2D eigenvalue weighted by Crippen LogP contribution is -2.48. The molecule has 2 fully saturated rings. The standard InChI is InChI=1S/C21H37N7O2/c1-5-22-21(28-12-13-30-19(16-28)17-14-24-26(4)15-17)23-9-7-11-27-10-6-8-18(27)20(29)25(2)3/h14-15,18-19H,5-13,16H2,1-4H3,(H,22,23). The van der Waals surface area contributed by atoms with Gasteiger partial charge in [0.1, 0.15) is 6.10 Å². The van der Waals surface area contributed by atoms with Gasteiger partial charge < -0.3 is 19.9 Å². The third kappa shape index (κ3) is 5.72. The molecule has 2 unspecified atom stereocenters. The van der Waals surface area contributed by atoms with Gasteiger partial charge in [-0.2, -0.15) is 5.10 Å². The molecule has 2 atom stereocenters. The molecule has 2 aliphatic heterocycles. The summed E-state index contributed by atoms with van der Waals surface area (Å²) in [5.41, 5.74) is 1.10. The number of morpholine rings is 1. The molecule has 0 saturated carbocycles. The van der Waals surface area contributed by atoms with Gasteiger partial charge in [0.05, 0.1) is 25.4 Å². The van der Waals surface area contributed by atoms with E-state index in [2.05, 4.69) is 27.1 Å². The molecule has 0 radical (unpaired) electrons. The fourth-order valence-corrected chi connectivity index (χ4v) is 4.21. The zero-order valence-corrected chi connectivity index (χ0v) is 18.9. The van der Waals surface area contributed by atoms with E-state index in [1.165, 1.54) is 0 Å². The number of rotatable bonds is 7. The second kappa shape index (κ2) is 10.8. The molecular formula is C21H37N7O2. The van der Waals surface area contributed by atoms with E-state index in [1.54, 1.807) is 4.90 Å². The van der Waals surface area contributed by atoms with Crippen LogP contribution in [0.4, 0.5) is 0 Å². The predicted molar refractivity (Wildman–Crippen MR) is 117 cm³/mol. The van der Waals surface area contributed by atoms with Gasteiger partial charge in [-0.3, -0.25) is 19.4 Å². The number of likely N-dealkylation sites (N-methyl/N-ethyl adjacent to an activating group) is 1. The summed E-state index contributed by atoms with van der Waals surface area (Å²) in [5.74, 6) is 1.16. The van der Waals surface area contributed by atoms with Gasteiger partial charge in [-0.1, -0.05) is 0 Å². The summed E-state index contributed by atoms with van der Waals surface area (Å²) in [6.07, 6.45) is 6.91. The van der Waals surface area contributed by atoms with Gasteiger partial charge in [-0.25, -0.2) is 0 Å². The summed E-state index contributed by atoms with van der Waals surface area (Å²) in [6.45, 7) is 7.86. The third-order valence-corrected chi connectivity index (χ3v) is 5.75. The van der Waals surface area contributed by atoms with E-state index in [9.17, 15) is 4.79 Å². The van der Waals surface area contributed by atoms with E-state index < -0.39 is 0 Å². The van der Waals surface area contributed by atoms with Crippen molar-refractivity contribution < 1.29 is 9.53 Å². The SMILES string of the molecule is CCNC(=NCCCN1CCCC1C(=O)N(C)C)N1CCOC(c2cnn(C)c2)C1. The van der Waals surface area contributed by atoms with Crippen molar-refractivity contribution >= 4 is 11.9 Å². The Morgan fingerprint density at radius 3 is 2.93 bits per heavy atom. The highest BCUT2D eigenvalue weighted by Gasteiger charge is 2.31. The van der Waals surface area contributed by atoms with Crippen molar-refractivity contribution in [1.29, 1.82) is 0 Å². The van der Waals surface area contributed by atoms with Crippen LogP contribution in [0, 0.1) is 0 Å². The smallest absolute Gasteiger partial charge is 0.239 e. The third-order valence-electron chi connectivity index (χ3n) is 5.75. The predicted octanol–water partition coefficient (Wildman–Crippen LogP) is 0.702. The number of aromatic nitrogens is 2. The average Bonchev–Trinajstić information content (AvgIpc) is 3.38. The fourth-order valence-electron chi connectivity index (χ4n) is 4.21. The molecule has 2 saturated heterocycles. The molecule has 0 spiro atoms. The monoisotopic (exact) mass is 419 g/mol. The molecule has 9 nitrogen and oxygen atoms in total. The maximum atomic E-state index is 12.4. The van der Waals surface area contributed by atoms with Crippen molar-refractivity contribution in [3.8, 4) is 0 Å². The number of amides is 1. The van der Waals surface area contributed by atoms with Gasteiger partial charge >= 0.3 is 0 Å². The molecule has 3 heterocycles. The van der Waals surface area contributed by atoms with Gasteiger partial charge in [0, 0.05) is 59.1 Å². The number of hydrogen-bond donors (Lipinski definition) is 1. The van der Waals surface area contributed by atoms with Crippen LogP contribution in [0.2, 0.25) is 0 Å². The van der Waals surface area contributed by atoms with E-state index in [-0.39, 0.29) is 18.1 Å². The first-order valence-corrected chi connectivity index (χ1v) is 11.1. The van der Waals surface area contributed by atoms with Crippen LogP contribution in [-0.2, 0) is 16.6 Å². The zero-order chi connectivity index (χ0) is 21.5. The molecule has 9 heteroatoms. The van der Waals surface area contributed by atoms with Crippen LogP contribution in [0.1, 0.15) is 37.9 Å². The Morgan fingerprint density at radius 1 is 1.40 bits per heavy atom. The summed E-state index contributed by atoms with van der Waals surface area (Å²) in [7, 11) is 5.60. The number of carbonyl (C=O) groups is 1. The first kappa shape index (κ1) is 22.6. The molecular weight excluding hydrogens is 382 g/mol. The zero-order valence-electron chi connectivity index (χ0n) is 18.9. The number of carbonyl (C=O) groups excluding carboxylic acids is 1. The molecule has 1 aromatic rings. The lowest BCUT2D eigenvalue weighted by atomic mass is 10.1. The van der Waals surface area contributed by atoms with Crippen molar-refractivity contribution in [3.05, 3.63) is 18.0 Å². The normalized spacial score (nSPS) is 23.1. The largest absolute Gasteiger partial charge is 0.370 e. The highest BCUT2D eigenvalue weighted by molar-refractivity contribution is 5.81. The van der Waals surface area contributed by atoms with Crippen molar-refractivity contribution in [3.63, 3.8) is 0 Å². The first-order valence-electron chi connectivity index (χ1n) is 11.1. The minimum atomic E-state index is 0.0127. The number of aliphatic imine (C=N–C) groups is 1. The molecule has 168 valence electrons. The van der Waals surface area contributed by atoms with Crippen LogP contribution < -0.4 is 5.32 Å². The second-order valence-corrected chi connectivity index (χ2v) is 8.27. The van der Waals surface area contributed by atoms with Crippen LogP contribution in [-0.4, -0.2) is 102 Å². The maximum Gasteiger partial charge on any atom is 0.239 e. The van der Waals surface area contributed by atoms with Crippen molar-refractivity contribution in [1.82, 2.24) is 29.8 Å². The van der Waals surface area contributed by atoms with Gasteiger partial charge in [-0.05, 0) is 32.7 Å². The maximum absolute atomic E-state index is 12.4. The molecule has 0 aliphatic carbocycles. The van der Waals surface area contributed by atoms with E-state index >= 15 is 0 Å². The lowest BCUT2D eigenvalue weighted by molar-refractivity contribution is -0.133. The Balaban J connectivity index is 1.53. The van der Waals surface area contributed by atoms with Gasteiger partial charge in [-0.15, -0.1) is 0 Å². The number of hydrogen-bond acceptors (Lipinski definition) is 5. The van der Waals surface area contributed by atoms with Crippen LogP contribution in [0.25, 0.3) is 0 Å². The minimum Gasteiger partial charge on any atom is -0.370 e.